The second-order valence-electron chi connectivity index (χ2n) is 2.56. The minimum absolute atomic E-state index is 0. The van der Waals surface area contributed by atoms with E-state index in [-0.39, 0.29) is 17.0 Å². The Balaban J connectivity index is 0.00000121. The van der Waals surface area contributed by atoms with Gasteiger partial charge in [-0.15, -0.1) is 17.0 Å². The maximum Gasteiger partial charge on any atom is 0.0734 e. The van der Waals surface area contributed by atoms with Gasteiger partial charge in [0, 0.05) is 12.7 Å². The zero-order valence-electron chi connectivity index (χ0n) is 7.86. The van der Waals surface area contributed by atoms with E-state index in [2.05, 4.69) is 31.1 Å². The monoisotopic (exact) mass is 236 g/mol. The van der Waals surface area contributed by atoms with Crippen LogP contribution in [0.5, 0.6) is 0 Å². The Morgan fingerprint density at radius 3 is 2.58 bits per heavy atom. The SMILES string of the molecule is Br.CCON1C(C)C=CN1CC. The molecular formula is C8H17BrN2O. The molecule has 1 rings (SSSR count). The van der Waals surface area contributed by atoms with Gasteiger partial charge in [-0.2, -0.15) is 0 Å². The lowest BCUT2D eigenvalue weighted by Crippen LogP contribution is -2.39. The van der Waals surface area contributed by atoms with Crippen molar-refractivity contribution in [3.8, 4) is 0 Å². The van der Waals surface area contributed by atoms with Crippen molar-refractivity contribution in [1.82, 2.24) is 10.2 Å². The van der Waals surface area contributed by atoms with E-state index in [0.29, 0.717) is 6.04 Å². The Morgan fingerprint density at radius 2 is 2.08 bits per heavy atom. The highest BCUT2D eigenvalue weighted by Gasteiger charge is 2.21. The molecule has 72 valence electrons. The summed E-state index contributed by atoms with van der Waals surface area (Å²) >= 11 is 0. The van der Waals surface area contributed by atoms with Gasteiger partial charge in [-0.25, -0.2) is 0 Å². The standard InChI is InChI=1S/C8H16N2O.BrH/c1-4-9-7-6-8(3)10(9)11-5-2;/h6-8H,4-5H2,1-3H3;1H. The van der Waals surface area contributed by atoms with Gasteiger partial charge in [-0.3, -0.25) is 9.85 Å². The number of halogens is 1. The Morgan fingerprint density at radius 1 is 1.42 bits per heavy atom. The van der Waals surface area contributed by atoms with Gasteiger partial charge in [-0.1, -0.05) is 5.17 Å². The first-order valence-corrected chi connectivity index (χ1v) is 4.16. The summed E-state index contributed by atoms with van der Waals surface area (Å²) in [4.78, 5) is 5.42. The van der Waals surface area contributed by atoms with E-state index < -0.39 is 0 Å². The Labute approximate surface area is 84.7 Å². The highest BCUT2D eigenvalue weighted by molar-refractivity contribution is 8.93. The highest BCUT2D eigenvalue weighted by Crippen LogP contribution is 2.14. The lowest BCUT2D eigenvalue weighted by Gasteiger charge is -2.29. The van der Waals surface area contributed by atoms with Crippen LogP contribution in [0.15, 0.2) is 12.3 Å². The molecule has 0 fully saturated rings. The van der Waals surface area contributed by atoms with Gasteiger partial charge in [0.25, 0.3) is 0 Å². The first-order valence-electron chi connectivity index (χ1n) is 4.16. The Hall–Kier alpha value is -0.0600. The normalized spacial score (nSPS) is 22.9. The van der Waals surface area contributed by atoms with Gasteiger partial charge in [-0.05, 0) is 26.8 Å². The summed E-state index contributed by atoms with van der Waals surface area (Å²) in [5.74, 6) is 0. The van der Waals surface area contributed by atoms with E-state index in [9.17, 15) is 0 Å². The maximum absolute atomic E-state index is 5.42. The van der Waals surface area contributed by atoms with E-state index in [4.69, 9.17) is 4.84 Å². The molecule has 1 aliphatic heterocycles. The molecule has 12 heavy (non-hydrogen) atoms. The molecule has 0 N–H and O–H groups in total. The van der Waals surface area contributed by atoms with Gasteiger partial charge in [0.2, 0.25) is 0 Å². The molecule has 4 heteroatoms. The topological polar surface area (TPSA) is 15.7 Å². The zero-order chi connectivity index (χ0) is 8.27. The predicted octanol–water partition coefficient (Wildman–Crippen LogP) is 1.97. The molecule has 0 saturated heterocycles. The van der Waals surface area contributed by atoms with Crippen molar-refractivity contribution in [2.45, 2.75) is 26.8 Å². The third kappa shape index (κ3) is 2.47. The van der Waals surface area contributed by atoms with E-state index in [0.717, 1.165) is 13.2 Å². The molecule has 0 aromatic rings. The fourth-order valence-corrected chi connectivity index (χ4v) is 1.17. The lowest BCUT2D eigenvalue weighted by molar-refractivity contribution is -0.266. The van der Waals surface area contributed by atoms with Gasteiger partial charge in [0.15, 0.2) is 0 Å². The van der Waals surface area contributed by atoms with Crippen LogP contribution in [-0.4, -0.2) is 29.4 Å². The second-order valence-corrected chi connectivity index (χ2v) is 2.56. The maximum atomic E-state index is 5.42. The Bertz CT molecular complexity index is 152. The van der Waals surface area contributed by atoms with Crippen molar-refractivity contribution >= 4 is 17.0 Å². The van der Waals surface area contributed by atoms with E-state index in [1.807, 2.05) is 12.1 Å². The molecular weight excluding hydrogens is 220 g/mol. The molecule has 3 nitrogen and oxygen atoms in total. The molecule has 1 aliphatic rings. The van der Waals surface area contributed by atoms with Crippen molar-refractivity contribution in [3.05, 3.63) is 12.3 Å². The van der Waals surface area contributed by atoms with Gasteiger partial charge in [0.05, 0.1) is 12.6 Å². The summed E-state index contributed by atoms with van der Waals surface area (Å²) in [5.41, 5.74) is 0. The number of nitrogens with zero attached hydrogens (tertiary/aromatic N) is 2. The van der Waals surface area contributed by atoms with E-state index in [1.54, 1.807) is 0 Å². The summed E-state index contributed by atoms with van der Waals surface area (Å²) in [6.45, 7) is 7.90. The predicted molar refractivity (Wildman–Crippen MR) is 54.8 cm³/mol. The molecule has 0 aliphatic carbocycles. The fraction of sp³-hybridized carbons (Fsp3) is 0.750. The minimum Gasteiger partial charge on any atom is -0.290 e. The number of rotatable bonds is 3. The van der Waals surface area contributed by atoms with Crippen molar-refractivity contribution in [1.29, 1.82) is 0 Å². The van der Waals surface area contributed by atoms with E-state index in [1.165, 1.54) is 0 Å². The van der Waals surface area contributed by atoms with Crippen molar-refractivity contribution in [3.63, 3.8) is 0 Å². The van der Waals surface area contributed by atoms with Gasteiger partial charge in [0.1, 0.15) is 0 Å². The molecule has 0 aromatic heterocycles. The summed E-state index contributed by atoms with van der Waals surface area (Å²) < 4.78 is 0. The largest absolute Gasteiger partial charge is 0.290 e. The molecule has 0 radical (unpaired) electrons. The van der Waals surface area contributed by atoms with Crippen LogP contribution >= 0.6 is 17.0 Å². The molecule has 0 saturated carbocycles. The van der Waals surface area contributed by atoms with Crippen molar-refractivity contribution in [2.24, 2.45) is 0 Å². The van der Waals surface area contributed by atoms with Gasteiger partial charge >= 0.3 is 0 Å². The smallest absolute Gasteiger partial charge is 0.0734 e. The molecule has 0 amide bonds. The van der Waals surface area contributed by atoms with Crippen LogP contribution in [0, 0.1) is 0 Å². The van der Waals surface area contributed by atoms with Gasteiger partial charge < -0.3 is 0 Å². The first-order chi connectivity index (χ1) is 5.29. The molecule has 0 spiro atoms. The molecule has 1 atom stereocenters. The number of hydrogen-bond donors (Lipinski definition) is 0. The van der Waals surface area contributed by atoms with Crippen LogP contribution in [-0.2, 0) is 4.84 Å². The van der Waals surface area contributed by atoms with Crippen LogP contribution in [0.4, 0.5) is 0 Å². The van der Waals surface area contributed by atoms with Crippen molar-refractivity contribution in [2.75, 3.05) is 13.2 Å². The third-order valence-electron chi connectivity index (χ3n) is 1.72. The fourth-order valence-electron chi connectivity index (χ4n) is 1.17. The van der Waals surface area contributed by atoms with Crippen molar-refractivity contribution < 1.29 is 4.84 Å². The van der Waals surface area contributed by atoms with Crippen LogP contribution in [0.25, 0.3) is 0 Å². The zero-order valence-corrected chi connectivity index (χ0v) is 9.57. The summed E-state index contributed by atoms with van der Waals surface area (Å²) in [6.07, 6.45) is 4.18. The van der Waals surface area contributed by atoms with Crippen LogP contribution in [0.3, 0.4) is 0 Å². The number of hydroxylamine groups is 1. The molecule has 1 unspecified atom stereocenters. The van der Waals surface area contributed by atoms with E-state index >= 15 is 0 Å². The molecule has 1 heterocycles. The number of hydrogen-bond acceptors (Lipinski definition) is 3. The average Bonchev–Trinajstić information content (AvgIpc) is 2.34. The lowest BCUT2D eigenvalue weighted by atomic mass is 10.4. The summed E-state index contributed by atoms with van der Waals surface area (Å²) in [5, 5.41) is 3.97. The molecule has 0 aromatic carbocycles. The quantitative estimate of drug-likeness (QED) is 0.746. The number of hydrazine groups is 1. The van der Waals surface area contributed by atoms with Crippen LogP contribution in [0.1, 0.15) is 20.8 Å². The first kappa shape index (κ1) is 11.9. The van der Waals surface area contributed by atoms with Crippen LogP contribution < -0.4 is 0 Å². The molecule has 0 bridgehead atoms. The second kappa shape index (κ2) is 5.56. The summed E-state index contributed by atoms with van der Waals surface area (Å²) in [6, 6.07) is 0.370. The summed E-state index contributed by atoms with van der Waals surface area (Å²) in [7, 11) is 0. The average molecular weight is 237 g/mol. The minimum atomic E-state index is 0. The Kier molecular flexibility index (Phi) is 5.53. The third-order valence-corrected chi connectivity index (χ3v) is 1.72. The highest BCUT2D eigenvalue weighted by atomic mass is 79.9. The van der Waals surface area contributed by atoms with Crippen LogP contribution in [0.2, 0.25) is 0 Å².